The molecule has 1 aromatic heterocycles. The third-order valence-electron chi connectivity index (χ3n) is 3.95. The maximum absolute atomic E-state index is 12.4. The lowest BCUT2D eigenvalue weighted by atomic mass is 9.93. The Morgan fingerprint density at radius 2 is 1.86 bits per heavy atom. The summed E-state index contributed by atoms with van der Waals surface area (Å²) in [7, 11) is 0. The minimum atomic E-state index is -0.285. The van der Waals surface area contributed by atoms with Gasteiger partial charge in [-0.25, -0.2) is 4.79 Å². The molecule has 0 aliphatic carbocycles. The zero-order chi connectivity index (χ0) is 14.6. The van der Waals surface area contributed by atoms with E-state index in [1.165, 1.54) is 0 Å². The quantitative estimate of drug-likeness (QED) is 0.495. The van der Waals surface area contributed by atoms with Crippen molar-refractivity contribution in [3.63, 3.8) is 0 Å². The Morgan fingerprint density at radius 3 is 2.71 bits per heavy atom. The molecule has 21 heavy (non-hydrogen) atoms. The predicted molar refractivity (Wildman–Crippen MR) is 86.7 cm³/mol. The molecule has 0 saturated heterocycles. The van der Waals surface area contributed by atoms with E-state index in [-0.39, 0.29) is 11.2 Å². The highest BCUT2D eigenvalue weighted by atomic mass is 16.4. The molecule has 1 N–H and O–H groups in total. The first-order chi connectivity index (χ1) is 10.1. The lowest BCUT2D eigenvalue weighted by Gasteiger charge is -2.29. The molecule has 0 saturated carbocycles. The van der Waals surface area contributed by atoms with E-state index in [1.807, 2.05) is 42.5 Å². The molecule has 0 spiro atoms. The van der Waals surface area contributed by atoms with Gasteiger partial charge in [0.15, 0.2) is 0 Å². The zero-order valence-corrected chi connectivity index (χ0v) is 11.9. The standard InChI is InChI=1S/C18H15NO2/c1-18(2)10-9-13-14(19-18)8-7-12-11-5-3-4-6-15(11)21-17(20)16(12)13/h3-10,19H,1-2H3. The molecule has 2 aromatic carbocycles. The highest BCUT2D eigenvalue weighted by Gasteiger charge is 2.22. The fraction of sp³-hybridized carbons (Fsp3) is 0.167. The maximum Gasteiger partial charge on any atom is 0.344 e. The van der Waals surface area contributed by atoms with Gasteiger partial charge in [0.1, 0.15) is 5.58 Å². The van der Waals surface area contributed by atoms with E-state index in [0.29, 0.717) is 11.0 Å². The maximum atomic E-state index is 12.4. The van der Waals surface area contributed by atoms with Crippen LogP contribution in [0.1, 0.15) is 19.4 Å². The van der Waals surface area contributed by atoms with Gasteiger partial charge in [-0.05, 0) is 26.0 Å². The number of benzene rings is 2. The van der Waals surface area contributed by atoms with Crippen LogP contribution in [-0.2, 0) is 0 Å². The molecule has 0 unspecified atom stereocenters. The molecule has 3 aromatic rings. The average Bonchev–Trinajstić information content (AvgIpc) is 2.45. The summed E-state index contributed by atoms with van der Waals surface area (Å²) in [5.74, 6) is 0. The first-order valence-electron chi connectivity index (χ1n) is 7.01. The number of rotatable bonds is 0. The summed E-state index contributed by atoms with van der Waals surface area (Å²) in [6.45, 7) is 4.19. The fourth-order valence-electron chi connectivity index (χ4n) is 2.96. The van der Waals surface area contributed by atoms with Gasteiger partial charge in [-0.2, -0.15) is 0 Å². The smallest absolute Gasteiger partial charge is 0.344 e. The van der Waals surface area contributed by atoms with E-state index >= 15 is 0 Å². The molecule has 104 valence electrons. The summed E-state index contributed by atoms with van der Waals surface area (Å²) < 4.78 is 5.48. The molecule has 0 amide bonds. The molecule has 1 aliphatic rings. The van der Waals surface area contributed by atoms with Gasteiger partial charge in [-0.15, -0.1) is 0 Å². The summed E-state index contributed by atoms with van der Waals surface area (Å²) in [4.78, 5) is 12.4. The van der Waals surface area contributed by atoms with Gasteiger partial charge in [0.25, 0.3) is 0 Å². The molecule has 1 aliphatic heterocycles. The van der Waals surface area contributed by atoms with Crippen LogP contribution in [0.2, 0.25) is 0 Å². The SMILES string of the molecule is CC1(C)C=Cc2c(ccc3c2c(=O)oc2ccccc23)N1. The van der Waals surface area contributed by atoms with Crippen LogP contribution in [-0.4, -0.2) is 5.54 Å². The monoisotopic (exact) mass is 277 g/mol. The molecule has 2 heterocycles. The Kier molecular flexibility index (Phi) is 2.31. The highest BCUT2D eigenvalue weighted by Crippen LogP contribution is 2.34. The van der Waals surface area contributed by atoms with Gasteiger partial charge < -0.3 is 9.73 Å². The number of para-hydroxylation sites is 1. The van der Waals surface area contributed by atoms with Crippen LogP contribution in [0.3, 0.4) is 0 Å². The highest BCUT2D eigenvalue weighted by molar-refractivity contribution is 6.09. The molecule has 0 bridgehead atoms. The van der Waals surface area contributed by atoms with Gasteiger partial charge >= 0.3 is 5.63 Å². The number of anilines is 1. The third kappa shape index (κ3) is 1.77. The van der Waals surface area contributed by atoms with E-state index < -0.39 is 0 Å². The second-order valence-electron chi connectivity index (χ2n) is 6.02. The van der Waals surface area contributed by atoms with Crippen molar-refractivity contribution >= 4 is 33.5 Å². The van der Waals surface area contributed by atoms with Crippen LogP contribution in [0.5, 0.6) is 0 Å². The van der Waals surface area contributed by atoms with Crippen molar-refractivity contribution in [2.45, 2.75) is 19.4 Å². The Labute approximate surface area is 121 Å². The topological polar surface area (TPSA) is 42.2 Å². The van der Waals surface area contributed by atoms with Gasteiger partial charge in [0.2, 0.25) is 0 Å². The van der Waals surface area contributed by atoms with E-state index in [9.17, 15) is 4.79 Å². The van der Waals surface area contributed by atoms with Crippen molar-refractivity contribution in [3.05, 3.63) is 58.5 Å². The predicted octanol–water partition coefficient (Wildman–Crippen LogP) is 4.16. The van der Waals surface area contributed by atoms with Crippen molar-refractivity contribution in [1.29, 1.82) is 0 Å². The molecule has 3 heteroatoms. The van der Waals surface area contributed by atoms with Crippen molar-refractivity contribution in [2.75, 3.05) is 5.32 Å². The molecule has 0 fully saturated rings. The Balaban J connectivity index is 2.17. The van der Waals surface area contributed by atoms with Crippen molar-refractivity contribution in [3.8, 4) is 0 Å². The number of hydrogen-bond donors (Lipinski definition) is 1. The molecular weight excluding hydrogens is 262 g/mol. The Hall–Kier alpha value is -2.55. The van der Waals surface area contributed by atoms with Crippen molar-refractivity contribution in [1.82, 2.24) is 0 Å². The summed E-state index contributed by atoms with van der Waals surface area (Å²) in [6, 6.07) is 11.7. The van der Waals surface area contributed by atoms with Gasteiger partial charge in [-0.1, -0.05) is 36.4 Å². The Morgan fingerprint density at radius 1 is 1.05 bits per heavy atom. The third-order valence-corrected chi connectivity index (χ3v) is 3.95. The van der Waals surface area contributed by atoms with Crippen LogP contribution >= 0.6 is 0 Å². The van der Waals surface area contributed by atoms with E-state index in [1.54, 1.807) is 0 Å². The average molecular weight is 277 g/mol. The van der Waals surface area contributed by atoms with Crippen molar-refractivity contribution in [2.24, 2.45) is 0 Å². The van der Waals surface area contributed by atoms with Crippen LogP contribution in [0.4, 0.5) is 5.69 Å². The first kappa shape index (κ1) is 12.2. The lowest BCUT2D eigenvalue weighted by Crippen LogP contribution is -2.30. The second-order valence-corrected chi connectivity index (χ2v) is 6.02. The minimum Gasteiger partial charge on any atom is -0.422 e. The number of hydrogen-bond acceptors (Lipinski definition) is 3. The van der Waals surface area contributed by atoms with Crippen molar-refractivity contribution < 1.29 is 4.42 Å². The van der Waals surface area contributed by atoms with Crippen LogP contribution in [0.25, 0.3) is 27.8 Å². The van der Waals surface area contributed by atoms with Gasteiger partial charge in [-0.3, -0.25) is 0 Å². The zero-order valence-electron chi connectivity index (χ0n) is 11.9. The number of nitrogens with one attached hydrogen (secondary N) is 1. The summed E-state index contributed by atoms with van der Waals surface area (Å²) >= 11 is 0. The summed E-state index contributed by atoms with van der Waals surface area (Å²) in [5, 5.41) is 5.98. The summed E-state index contributed by atoms with van der Waals surface area (Å²) in [5.41, 5.74) is 2.11. The minimum absolute atomic E-state index is 0.113. The molecular formula is C18H15NO2. The largest absolute Gasteiger partial charge is 0.422 e. The summed E-state index contributed by atoms with van der Waals surface area (Å²) in [6.07, 6.45) is 4.09. The molecule has 4 rings (SSSR count). The van der Waals surface area contributed by atoms with Crippen LogP contribution < -0.4 is 10.9 Å². The van der Waals surface area contributed by atoms with Gasteiger partial charge in [0.05, 0.1) is 10.9 Å². The van der Waals surface area contributed by atoms with Crippen LogP contribution in [0, 0.1) is 0 Å². The first-order valence-corrected chi connectivity index (χ1v) is 7.01. The fourth-order valence-corrected chi connectivity index (χ4v) is 2.96. The molecule has 0 radical (unpaired) electrons. The lowest BCUT2D eigenvalue weighted by molar-refractivity contribution is 0.569. The van der Waals surface area contributed by atoms with Gasteiger partial charge in [0, 0.05) is 22.0 Å². The second kappa shape index (κ2) is 3.98. The van der Waals surface area contributed by atoms with E-state index in [4.69, 9.17) is 4.42 Å². The number of fused-ring (bicyclic) bond motifs is 5. The molecule has 0 atom stereocenters. The van der Waals surface area contributed by atoms with E-state index in [2.05, 4.69) is 25.2 Å². The normalized spacial score (nSPS) is 15.9. The molecule has 3 nitrogen and oxygen atoms in total. The van der Waals surface area contributed by atoms with Crippen LogP contribution in [0.15, 0.2) is 51.7 Å². The Bertz CT molecular complexity index is 964. The van der Waals surface area contributed by atoms with E-state index in [0.717, 1.165) is 22.0 Å².